The van der Waals surface area contributed by atoms with E-state index in [0.29, 0.717) is 19.7 Å². The topological polar surface area (TPSA) is 68.5 Å². The number of hydrogen-bond acceptors (Lipinski definition) is 5. The van der Waals surface area contributed by atoms with Gasteiger partial charge in [0.2, 0.25) is 5.91 Å². The number of nitrogens with zero attached hydrogens (tertiary/aromatic N) is 2. The van der Waals surface area contributed by atoms with Crippen molar-refractivity contribution in [1.29, 1.82) is 0 Å². The molecule has 2 N–H and O–H groups in total. The second-order valence-corrected chi connectivity index (χ2v) is 6.29. The summed E-state index contributed by atoms with van der Waals surface area (Å²) < 4.78 is 5.83. The van der Waals surface area contributed by atoms with Crippen LogP contribution in [0, 0.1) is 6.92 Å². The smallest absolute Gasteiger partial charge is 0.239 e. The molecule has 1 amide bonds. The highest BCUT2D eigenvalue weighted by Gasteiger charge is 2.32. The van der Waals surface area contributed by atoms with Gasteiger partial charge in [-0.05, 0) is 12.5 Å². The monoisotopic (exact) mass is 317 g/mol. The molecule has 1 aromatic heterocycles. The zero-order valence-corrected chi connectivity index (χ0v) is 13.3. The van der Waals surface area contributed by atoms with Crippen LogP contribution in [0.15, 0.2) is 35.7 Å². The number of thiazole rings is 1. The van der Waals surface area contributed by atoms with Crippen molar-refractivity contribution >= 4 is 17.2 Å². The van der Waals surface area contributed by atoms with Crippen molar-refractivity contribution in [3.05, 3.63) is 52.0 Å². The first kappa shape index (κ1) is 15.1. The van der Waals surface area contributed by atoms with E-state index in [1.54, 1.807) is 11.3 Å². The summed E-state index contributed by atoms with van der Waals surface area (Å²) in [6, 6.07) is 9.23. The SMILES string of the molecule is Cc1csc(C2CN(C(C(N)=O)c3ccccc3)CCO2)n1. The molecular formula is C16H19N3O2S. The molecule has 1 fully saturated rings. The maximum absolute atomic E-state index is 12.0. The number of primary amides is 1. The highest BCUT2D eigenvalue weighted by Crippen LogP contribution is 2.30. The number of nitrogens with two attached hydrogens (primary N) is 1. The lowest BCUT2D eigenvalue weighted by atomic mass is 10.0. The number of aryl methyl sites for hydroxylation is 1. The Bertz CT molecular complexity index is 644. The van der Waals surface area contributed by atoms with E-state index >= 15 is 0 Å². The highest BCUT2D eigenvalue weighted by atomic mass is 32.1. The van der Waals surface area contributed by atoms with Gasteiger partial charge in [0.15, 0.2) is 0 Å². The molecule has 6 heteroatoms. The predicted molar refractivity (Wildman–Crippen MR) is 85.5 cm³/mol. The lowest BCUT2D eigenvalue weighted by Gasteiger charge is -2.36. The zero-order chi connectivity index (χ0) is 15.5. The lowest BCUT2D eigenvalue weighted by Crippen LogP contribution is -2.45. The van der Waals surface area contributed by atoms with Gasteiger partial charge < -0.3 is 10.5 Å². The van der Waals surface area contributed by atoms with E-state index in [9.17, 15) is 4.79 Å². The fourth-order valence-electron chi connectivity index (χ4n) is 2.76. The molecule has 2 unspecified atom stereocenters. The van der Waals surface area contributed by atoms with Crippen LogP contribution in [0.5, 0.6) is 0 Å². The van der Waals surface area contributed by atoms with E-state index < -0.39 is 6.04 Å². The average Bonchev–Trinajstić information content (AvgIpc) is 2.95. The van der Waals surface area contributed by atoms with E-state index in [0.717, 1.165) is 16.3 Å². The molecule has 2 atom stereocenters. The van der Waals surface area contributed by atoms with Crippen LogP contribution >= 0.6 is 11.3 Å². The van der Waals surface area contributed by atoms with Crippen LogP contribution < -0.4 is 5.73 Å². The molecule has 0 saturated carbocycles. The molecule has 2 aromatic rings. The largest absolute Gasteiger partial charge is 0.368 e. The Morgan fingerprint density at radius 1 is 1.45 bits per heavy atom. The first-order chi connectivity index (χ1) is 10.6. The Morgan fingerprint density at radius 2 is 2.23 bits per heavy atom. The van der Waals surface area contributed by atoms with Gasteiger partial charge in [0.25, 0.3) is 0 Å². The average molecular weight is 317 g/mol. The summed E-state index contributed by atoms with van der Waals surface area (Å²) in [4.78, 5) is 18.6. The van der Waals surface area contributed by atoms with Gasteiger partial charge in [-0.3, -0.25) is 9.69 Å². The number of ether oxygens (including phenoxy) is 1. The second-order valence-electron chi connectivity index (χ2n) is 5.40. The third-order valence-electron chi connectivity index (χ3n) is 3.76. The van der Waals surface area contributed by atoms with Crippen molar-refractivity contribution in [2.45, 2.75) is 19.1 Å². The molecular weight excluding hydrogens is 298 g/mol. The normalized spacial score (nSPS) is 20.7. The highest BCUT2D eigenvalue weighted by molar-refractivity contribution is 7.09. The minimum atomic E-state index is -0.423. The summed E-state index contributed by atoms with van der Waals surface area (Å²) in [5.41, 5.74) is 7.57. The molecule has 5 nitrogen and oxygen atoms in total. The summed E-state index contributed by atoms with van der Waals surface area (Å²) in [6.45, 7) is 3.84. The molecule has 1 aliphatic heterocycles. The van der Waals surface area contributed by atoms with Crippen molar-refractivity contribution in [2.24, 2.45) is 5.73 Å². The summed E-state index contributed by atoms with van der Waals surface area (Å²) in [5.74, 6) is -0.331. The minimum Gasteiger partial charge on any atom is -0.368 e. The molecule has 2 heterocycles. The number of carbonyl (C=O) groups excluding carboxylic acids is 1. The third kappa shape index (κ3) is 3.19. The fourth-order valence-corrected chi connectivity index (χ4v) is 3.60. The van der Waals surface area contributed by atoms with Gasteiger partial charge in [0, 0.05) is 24.2 Å². The minimum absolute atomic E-state index is 0.0991. The molecule has 1 aromatic carbocycles. The van der Waals surface area contributed by atoms with Crippen molar-refractivity contribution in [3.8, 4) is 0 Å². The number of hydrogen-bond donors (Lipinski definition) is 1. The first-order valence-corrected chi connectivity index (χ1v) is 8.15. The summed E-state index contributed by atoms with van der Waals surface area (Å²) >= 11 is 1.60. The van der Waals surface area contributed by atoms with Crippen molar-refractivity contribution in [1.82, 2.24) is 9.88 Å². The van der Waals surface area contributed by atoms with Crippen molar-refractivity contribution < 1.29 is 9.53 Å². The fraction of sp³-hybridized carbons (Fsp3) is 0.375. The molecule has 3 rings (SSSR count). The maximum Gasteiger partial charge on any atom is 0.239 e. The summed E-state index contributed by atoms with van der Waals surface area (Å²) in [6.07, 6.45) is -0.0991. The van der Waals surface area contributed by atoms with Crippen LogP contribution in [0.1, 0.15) is 28.4 Å². The molecule has 1 saturated heterocycles. The summed E-state index contributed by atoms with van der Waals surface area (Å²) in [7, 11) is 0. The molecule has 22 heavy (non-hydrogen) atoms. The van der Waals surface area contributed by atoms with Crippen LogP contribution in [0.25, 0.3) is 0 Å². The van der Waals surface area contributed by atoms with Crippen LogP contribution in [-0.2, 0) is 9.53 Å². The first-order valence-electron chi connectivity index (χ1n) is 7.27. The lowest BCUT2D eigenvalue weighted by molar-refractivity contribution is -0.127. The van der Waals surface area contributed by atoms with Gasteiger partial charge in [-0.2, -0.15) is 0 Å². The van der Waals surface area contributed by atoms with E-state index in [1.807, 2.05) is 42.6 Å². The Hall–Kier alpha value is -1.76. The molecule has 1 aliphatic rings. The Balaban J connectivity index is 1.81. The Morgan fingerprint density at radius 3 is 2.86 bits per heavy atom. The molecule has 0 radical (unpaired) electrons. The van der Waals surface area contributed by atoms with Gasteiger partial charge in [0.1, 0.15) is 17.2 Å². The Labute approximate surface area is 133 Å². The third-order valence-corrected chi connectivity index (χ3v) is 4.81. The number of rotatable bonds is 4. The van der Waals surface area contributed by atoms with E-state index in [1.165, 1.54) is 0 Å². The molecule has 0 bridgehead atoms. The van der Waals surface area contributed by atoms with Gasteiger partial charge in [-0.1, -0.05) is 30.3 Å². The number of benzene rings is 1. The number of aromatic nitrogens is 1. The molecule has 0 spiro atoms. The summed E-state index contributed by atoms with van der Waals surface area (Å²) in [5, 5.41) is 2.97. The van der Waals surface area contributed by atoms with Crippen molar-refractivity contribution in [2.75, 3.05) is 19.7 Å². The predicted octanol–water partition coefficient (Wildman–Crippen LogP) is 2.05. The van der Waals surface area contributed by atoms with Crippen molar-refractivity contribution in [3.63, 3.8) is 0 Å². The Kier molecular flexibility index (Phi) is 4.52. The van der Waals surface area contributed by atoms with Crippen LogP contribution in [0.3, 0.4) is 0 Å². The van der Waals surface area contributed by atoms with Crippen LogP contribution in [-0.4, -0.2) is 35.5 Å². The van der Waals surface area contributed by atoms with Gasteiger partial charge >= 0.3 is 0 Å². The van der Waals surface area contributed by atoms with E-state index in [2.05, 4.69) is 9.88 Å². The van der Waals surface area contributed by atoms with Crippen LogP contribution in [0.4, 0.5) is 0 Å². The molecule has 116 valence electrons. The second kappa shape index (κ2) is 6.56. The maximum atomic E-state index is 12.0. The van der Waals surface area contributed by atoms with E-state index in [-0.39, 0.29) is 12.0 Å². The van der Waals surface area contributed by atoms with Crippen LogP contribution in [0.2, 0.25) is 0 Å². The number of amides is 1. The van der Waals surface area contributed by atoms with Gasteiger partial charge in [0.05, 0.1) is 6.61 Å². The zero-order valence-electron chi connectivity index (χ0n) is 12.4. The van der Waals surface area contributed by atoms with Gasteiger partial charge in [-0.25, -0.2) is 4.98 Å². The van der Waals surface area contributed by atoms with E-state index in [4.69, 9.17) is 10.5 Å². The number of morpholine rings is 1. The van der Waals surface area contributed by atoms with Gasteiger partial charge in [-0.15, -0.1) is 11.3 Å². The standard InChI is InChI=1S/C16H19N3O2S/c1-11-10-22-16(18-11)13-9-19(7-8-21-13)14(15(17)20)12-5-3-2-4-6-12/h2-6,10,13-14H,7-9H2,1H3,(H2,17,20). The molecule has 0 aliphatic carbocycles. The quantitative estimate of drug-likeness (QED) is 0.937. The number of carbonyl (C=O) groups is 1.